The van der Waals surface area contributed by atoms with Crippen LogP contribution in [0.2, 0.25) is 0 Å². The number of aromatic nitrogens is 2. The largest absolute Gasteiger partial charge is 0.323 e. The number of hydrogen-bond donors (Lipinski definition) is 1. The van der Waals surface area contributed by atoms with Crippen molar-refractivity contribution in [2.75, 3.05) is 5.32 Å². The first-order valence-electron chi connectivity index (χ1n) is 7.73. The molecule has 0 aliphatic heterocycles. The van der Waals surface area contributed by atoms with Gasteiger partial charge in [-0.25, -0.2) is 0 Å². The van der Waals surface area contributed by atoms with Crippen LogP contribution in [-0.4, -0.2) is 15.7 Å². The second kappa shape index (κ2) is 7.59. The van der Waals surface area contributed by atoms with E-state index in [0.717, 1.165) is 24.2 Å². The highest BCUT2D eigenvalue weighted by Crippen LogP contribution is 2.20. The summed E-state index contributed by atoms with van der Waals surface area (Å²) in [5.74, 6) is 0.403. The van der Waals surface area contributed by atoms with E-state index in [9.17, 15) is 4.79 Å². The van der Waals surface area contributed by atoms with Gasteiger partial charge < -0.3 is 5.32 Å². The maximum atomic E-state index is 11.9. The minimum Gasteiger partial charge on any atom is -0.323 e. The molecule has 1 amide bonds. The first-order chi connectivity index (χ1) is 10.6. The molecule has 116 valence electrons. The summed E-state index contributed by atoms with van der Waals surface area (Å²) < 4.78 is 1.82. The van der Waals surface area contributed by atoms with Crippen molar-refractivity contribution in [1.82, 2.24) is 9.78 Å². The Bertz CT molecular complexity index is 641. The van der Waals surface area contributed by atoms with Gasteiger partial charge in [0.25, 0.3) is 0 Å². The van der Waals surface area contributed by atoms with Crippen LogP contribution in [0.15, 0.2) is 42.7 Å². The number of aryl methyl sites for hydroxylation is 1. The molecule has 0 fully saturated rings. The van der Waals surface area contributed by atoms with E-state index in [1.807, 2.05) is 29.9 Å². The van der Waals surface area contributed by atoms with Gasteiger partial charge in [-0.15, -0.1) is 0 Å². The van der Waals surface area contributed by atoms with Gasteiger partial charge in [0, 0.05) is 30.1 Å². The Labute approximate surface area is 131 Å². The molecule has 1 unspecified atom stereocenters. The van der Waals surface area contributed by atoms with Gasteiger partial charge in [-0.05, 0) is 43.0 Å². The molecule has 0 bridgehead atoms. The number of carbonyl (C=O) groups is 1. The zero-order valence-electron chi connectivity index (χ0n) is 13.4. The molecule has 0 saturated heterocycles. The molecule has 0 radical (unpaired) electrons. The molecular formula is C18H23N3O. The van der Waals surface area contributed by atoms with Crippen LogP contribution < -0.4 is 5.32 Å². The molecule has 4 nitrogen and oxygen atoms in total. The predicted molar refractivity (Wildman–Crippen MR) is 90.7 cm³/mol. The summed E-state index contributed by atoms with van der Waals surface area (Å²) in [6.45, 7) is 7.22. The number of nitrogens with zero attached hydrogens (tertiary/aromatic N) is 2. The van der Waals surface area contributed by atoms with Gasteiger partial charge in [0.15, 0.2) is 0 Å². The second-order valence-corrected chi connectivity index (χ2v) is 5.38. The highest BCUT2D eigenvalue weighted by molar-refractivity contribution is 6.01. The lowest BCUT2D eigenvalue weighted by atomic mass is 9.99. The Morgan fingerprint density at radius 2 is 2.05 bits per heavy atom. The third kappa shape index (κ3) is 4.32. The molecule has 1 atom stereocenters. The second-order valence-electron chi connectivity index (χ2n) is 5.38. The molecule has 4 heteroatoms. The third-order valence-corrected chi connectivity index (χ3v) is 3.76. The van der Waals surface area contributed by atoms with Crippen LogP contribution in [-0.2, 0) is 11.3 Å². The van der Waals surface area contributed by atoms with Crippen molar-refractivity contribution in [3.8, 4) is 0 Å². The van der Waals surface area contributed by atoms with Crippen molar-refractivity contribution in [2.45, 2.75) is 39.7 Å². The molecule has 1 N–H and O–H groups in total. The average molecular weight is 297 g/mol. The fourth-order valence-corrected chi connectivity index (χ4v) is 2.13. The number of benzene rings is 1. The van der Waals surface area contributed by atoms with Crippen molar-refractivity contribution in [2.24, 2.45) is 0 Å². The molecule has 2 rings (SSSR count). The Balaban J connectivity index is 1.94. The Hall–Kier alpha value is -2.36. The Kier molecular flexibility index (Phi) is 5.53. The molecule has 1 aromatic heterocycles. The van der Waals surface area contributed by atoms with Crippen LogP contribution in [0.5, 0.6) is 0 Å². The normalized spacial score (nSPS) is 12.5. The quantitative estimate of drug-likeness (QED) is 0.817. The molecule has 0 saturated carbocycles. The lowest BCUT2D eigenvalue weighted by molar-refractivity contribution is -0.111. The third-order valence-electron chi connectivity index (χ3n) is 3.76. The van der Waals surface area contributed by atoms with Crippen molar-refractivity contribution < 1.29 is 4.79 Å². The zero-order valence-corrected chi connectivity index (χ0v) is 13.4. The van der Waals surface area contributed by atoms with Crippen LogP contribution in [0.1, 0.15) is 44.2 Å². The first kappa shape index (κ1) is 16.0. The molecule has 0 aliphatic carbocycles. The van der Waals surface area contributed by atoms with Crippen LogP contribution in [0.4, 0.5) is 5.69 Å². The van der Waals surface area contributed by atoms with Crippen LogP contribution >= 0.6 is 0 Å². The van der Waals surface area contributed by atoms with Crippen molar-refractivity contribution in [3.05, 3.63) is 53.9 Å². The number of amides is 1. The number of carbonyl (C=O) groups excluding carboxylic acids is 1. The lowest BCUT2D eigenvalue weighted by Crippen LogP contribution is -2.07. The van der Waals surface area contributed by atoms with Gasteiger partial charge in [0.1, 0.15) is 0 Å². The van der Waals surface area contributed by atoms with E-state index in [2.05, 4.69) is 36.4 Å². The summed E-state index contributed by atoms with van der Waals surface area (Å²) in [7, 11) is 0. The van der Waals surface area contributed by atoms with Gasteiger partial charge in [-0.3, -0.25) is 9.48 Å². The van der Waals surface area contributed by atoms with E-state index in [-0.39, 0.29) is 5.91 Å². The Morgan fingerprint density at radius 1 is 1.32 bits per heavy atom. The van der Waals surface area contributed by atoms with E-state index in [4.69, 9.17) is 0 Å². The molecule has 2 aromatic rings. The topological polar surface area (TPSA) is 46.9 Å². The monoisotopic (exact) mass is 297 g/mol. The molecule has 0 aliphatic rings. The van der Waals surface area contributed by atoms with Crippen molar-refractivity contribution in [3.63, 3.8) is 0 Å². The lowest BCUT2D eigenvalue weighted by Gasteiger charge is -2.09. The minimum absolute atomic E-state index is 0.138. The van der Waals surface area contributed by atoms with Crippen LogP contribution in [0.3, 0.4) is 0 Å². The highest BCUT2D eigenvalue weighted by Gasteiger charge is 2.03. The molecule has 22 heavy (non-hydrogen) atoms. The average Bonchev–Trinajstić information content (AvgIpc) is 3.01. The maximum Gasteiger partial charge on any atom is 0.248 e. The van der Waals surface area contributed by atoms with Gasteiger partial charge in [0.2, 0.25) is 5.91 Å². The van der Waals surface area contributed by atoms with Gasteiger partial charge >= 0.3 is 0 Å². The van der Waals surface area contributed by atoms with Crippen LogP contribution in [0.25, 0.3) is 6.08 Å². The fraction of sp³-hybridized carbons (Fsp3) is 0.333. The summed E-state index contributed by atoms with van der Waals surface area (Å²) in [4.78, 5) is 11.9. The number of anilines is 1. The maximum absolute atomic E-state index is 11.9. The van der Waals surface area contributed by atoms with E-state index in [0.29, 0.717) is 5.92 Å². The summed E-state index contributed by atoms with van der Waals surface area (Å²) in [6, 6.07) is 8.03. The smallest absolute Gasteiger partial charge is 0.248 e. The zero-order chi connectivity index (χ0) is 15.9. The molecule has 1 heterocycles. The molecular weight excluding hydrogens is 274 g/mol. The number of hydrogen-bond acceptors (Lipinski definition) is 2. The Morgan fingerprint density at radius 3 is 2.64 bits per heavy atom. The minimum atomic E-state index is -0.138. The van der Waals surface area contributed by atoms with E-state index in [1.54, 1.807) is 12.3 Å². The standard InChI is InChI=1S/C18H23N3O/c1-4-14(3)16-7-9-17(10-8-16)20-18(22)11-6-15-12-19-21(5-2)13-15/h6-14H,4-5H2,1-3H3,(H,20,22)/b11-6+. The number of nitrogens with one attached hydrogen (secondary N) is 1. The van der Waals surface area contributed by atoms with Crippen molar-refractivity contribution >= 4 is 17.7 Å². The molecule has 1 aromatic carbocycles. The summed E-state index contributed by atoms with van der Waals surface area (Å²) >= 11 is 0. The SMILES string of the molecule is CCC(C)c1ccc(NC(=O)/C=C/c2cnn(CC)c2)cc1. The van der Waals surface area contributed by atoms with E-state index < -0.39 is 0 Å². The predicted octanol–water partition coefficient (Wildman–Crippen LogP) is 4.07. The summed E-state index contributed by atoms with van der Waals surface area (Å²) in [6.07, 6.45) is 8.06. The van der Waals surface area contributed by atoms with Crippen LogP contribution in [0, 0.1) is 0 Å². The van der Waals surface area contributed by atoms with E-state index in [1.165, 1.54) is 11.6 Å². The fourth-order valence-electron chi connectivity index (χ4n) is 2.13. The van der Waals surface area contributed by atoms with Gasteiger partial charge in [0.05, 0.1) is 6.20 Å². The van der Waals surface area contributed by atoms with E-state index >= 15 is 0 Å². The highest BCUT2D eigenvalue weighted by atomic mass is 16.1. The van der Waals surface area contributed by atoms with Crippen molar-refractivity contribution in [1.29, 1.82) is 0 Å². The first-order valence-corrected chi connectivity index (χ1v) is 7.73. The van der Waals surface area contributed by atoms with Gasteiger partial charge in [-0.2, -0.15) is 5.10 Å². The molecule has 0 spiro atoms. The summed E-state index contributed by atoms with van der Waals surface area (Å²) in [5, 5.41) is 7.03. The summed E-state index contributed by atoms with van der Waals surface area (Å²) in [5.41, 5.74) is 3.03. The number of rotatable bonds is 6. The van der Waals surface area contributed by atoms with Gasteiger partial charge in [-0.1, -0.05) is 26.0 Å².